The van der Waals surface area contributed by atoms with Gasteiger partial charge in [-0.3, -0.25) is 9.36 Å². The van der Waals surface area contributed by atoms with Crippen LogP contribution < -0.4 is 10.3 Å². The lowest BCUT2D eigenvalue weighted by atomic mass is 10.2. The molecule has 0 fully saturated rings. The highest BCUT2D eigenvalue weighted by molar-refractivity contribution is 7.89. The number of fused-ring (bicyclic) bond motifs is 3. The van der Waals surface area contributed by atoms with Gasteiger partial charge in [0.2, 0.25) is 10.0 Å². The Bertz CT molecular complexity index is 1180. The van der Waals surface area contributed by atoms with Crippen LogP contribution >= 0.6 is 11.3 Å². The summed E-state index contributed by atoms with van der Waals surface area (Å²) in [6.45, 7) is 0.670. The molecular weight excluding hydrogens is 398 g/mol. The van der Waals surface area contributed by atoms with Crippen molar-refractivity contribution in [2.45, 2.75) is 30.7 Å². The molecule has 1 aliphatic carbocycles. The van der Waals surface area contributed by atoms with Crippen LogP contribution in [0, 0.1) is 0 Å². The molecular formula is C19H21N3O4S2. The van der Waals surface area contributed by atoms with Crippen molar-refractivity contribution in [3.05, 3.63) is 51.4 Å². The van der Waals surface area contributed by atoms with Gasteiger partial charge in [-0.15, -0.1) is 11.3 Å². The number of ether oxygens (including phenoxy) is 1. The molecule has 3 aromatic rings. The third-order valence-corrected chi connectivity index (χ3v) is 7.92. The van der Waals surface area contributed by atoms with Gasteiger partial charge in [-0.25, -0.2) is 17.7 Å². The number of sulfonamides is 1. The van der Waals surface area contributed by atoms with Crippen molar-refractivity contribution in [2.75, 3.05) is 20.7 Å². The zero-order valence-electron chi connectivity index (χ0n) is 15.7. The van der Waals surface area contributed by atoms with E-state index in [2.05, 4.69) is 4.98 Å². The number of nitrogens with zero attached hydrogens (tertiary/aromatic N) is 3. The summed E-state index contributed by atoms with van der Waals surface area (Å²) in [4.78, 5) is 19.6. The van der Waals surface area contributed by atoms with Gasteiger partial charge in [0.05, 0.1) is 23.2 Å². The van der Waals surface area contributed by atoms with E-state index >= 15 is 0 Å². The van der Waals surface area contributed by atoms with E-state index in [1.54, 1.807) is 34.4 Å². The Balaban J connectivity index is 1.46. The van der Waals surface area contributed by atoms with E-state index in [1.165, 1.54) is 41.0 Å². The van der Waals surface area contributed by atoms with E-state index in [1.807, 2.05) is 0 Å². The molecule has 1 aromatic carbocycles. The van der Waals surface area contributed by atoms with Crippen LogP contribution in [0.4, 0.5) is 0 Å². The average Bonchev–Trinajstić information content (AvgIpc) is 3.25. The Morgan fingerprint density at radius 1 is 1.21 bits per heavy atom. The number of aryl methyl sites for hydroxylation is 2. The van der Waals surface area contributed by atoms with Crippen molar-refractivity contribution in [1.82, 2.24) is 13.9 Å². The van der Waals surface area contributed by atoms with Crippen molar-refractivity contribution < 1.29 is 13.2 Å². The second-order valence-electron chi connectivity index (χ2n) is 6.89. The Hall–Kier alpha value is -2.23. The molecule has 0 bridgehead atoms. The van der Waals surface area contributed by atoms with Crippen LogP contribution in [0.25, 0.3) is 10.2 Å². The molecule has 0 saturated heterocycles. The van der Waals surface area contributed by atoms with Crippen LogP contribution in [0.3, 0.4) is 0 Å². The van der Waals surface area contributed by atoms with Crippen molar-refractivity contribution in [3.8, 4) is 5.75 Å². The number of benzene rings is 1. The van der Waals surface area contributed by atoms with Crippen molar-refractivity contribution in [3.63, 3.8) is 0 Å². The lowest BCUT2D eigenvalue weighted by Gasteiger charge is -2.12. The van der Waals surface area contributed by atoms with Crippen LogP contribution in [-0.2, 0) is 29.4 Å². The topological polar surface area (TPSA) is 81.5 Å². The summed E-state index contributed by atoms with van der Waals surface area (Å²) in [6, 6.07) is 6.26. The zero-order valence-corrected chi connectivity index (χ0v) is 17.3. The standard InChI is InChI=1S/C19H21N3O4S2/c1-21(2)28(24,25)14-8-6-13(7-9-14)26-11-10-22-12-20-18-17(19(22)23)15-4-3-5-16(15)27-18/h6-9,12H,3-5,10-11H2,1-2H3. The molecule has 1 aliphatic rings. The van der Waals surface area contributed by atoms with Crippen LogP contribution in [0.15, 0.2) is 40.3 Å². The summed E-state index contributed by atoms with van der Waals surface area (Å²) in [7, 11) is -0.476. The van der Waals surface area contributed by atoms with E-state index in [0.717, 1.165) is 29.5 Å². The van der Waals surface area contributed by atoms with E-state index in [9.17, 15) is 13.2 Å². The third-order valence-electron chi connectivity index (χ3n) is 4.90. The largest absolute Gasteiger partial charge is 0.492 e. The summed E-state index contributed by atoms with van der Waals surface area (Å²) in [6.07, 6.45) is 4.67. The van der Waals surface area contributed by atoms with E-state index in [4.69, 9.17) is 4.74 Å². The first kappa shape index (κ1) is 19.1. The van der Waals surface area contributed by atoms with Crippen LogP contribution in [-0.4, -0.2) is 43.0 Å². The number of aromatic nitrogens is 2. The Morgan fingerprint density at radius 3 is 2.68 bits per heavy atom. The molecule has 0 N–H and O–H groups in total. The predicted molar refractivity (Wildman–Crippen MR) is 109 cm³/mol. The van der Waals surface area contributed by atoms with Crippen molar-refractivity contribution in [2.24, 2.45) is 0 Å². The van der Waals surface area contributed by atoms with Gasteiger partial charge in [0.1, 0.15) is 17.2 Å². The highest BCUT2D eigenvalue weighted by atomic mass is 32.2. The Kier molecular flexibility index (Phi) is 4.98. The highest BCUT2D eigenvalue weighted by Crippen LogP contribution is 2.34. The number of hydrogen-bond donors (Lipinski definition) is 0. The van der Waals surface area contributed by atoms with E-state index in [0.29, 0.717) is 18.9 Å². The van der Waals surface area contributed by atoms with Gasteiger partial charge in [-0.2, -0.15) is 0 Å². The minimum Gasteiger partial charge on any atom is -0.492 e. The summed E-state index contributed by atoms with van der Waals surface area (Å²) >= 11 is 1.63. The molecule has 2 aromatic heterocycles. The smallest absolute Gasteiger partial charge is 0.262 e. The summed E-state index contributed by atoms with van der Waals surface area (Å²) in [5, 5.41) is 0.762. The van der Waals surface area contributed by atoms with E-state index < -0.39 is 10.0 Å². The highest BCUT2D eigenvalue weighted by Gasteiger charge is 2.21. The van der Waals surface area contributed by atoms with Gasteiger partial charge in [0.25, 0.3) is 5.56 Å². The summed E-state index contributed by atoms with van der Waals surface area (Å²) in [5.41, 5.74) is 1.16. The quantitative estimate of drug-likeness (QED) is 0.612. The van der Waals surface area contributed by atoms with Gasteiger partial charge >= 0.3 is 0 Å². The fourth-order valence-electron chi connectivity index (χ4n) is 3.36. The maximum absolute atomic E-state index is 12.8. The summed E-state index contributed by atoms with van der Waals surface area (Å²) in [5.74, 6) is 0.552. The molecule has 9 heteroatoms. The maximum Gasteiger partial charge on any atom is 0.262 e. The zero-order chi connectivity index (χ0) is 19.9. The molecule has 148 valence electrons. The minimum absolute atomic E-state index is 0.0135. The number of thiophene rings is 1. The number of hydrogen-bond acceptors (Lipinski definition) is 6. The fraction of sp³-hybridized carbons (Fsp3) is 0.368. The minimum atomic E-state index is -3.46. The van der Waals surface area contributed by atoms with E-state index in [-0.39, 0.29) is 10.5 Å². The molecule has 28 heavy (non-hydrogen) atoms. The Morgan fingerprint density at radius 2 is 1.96 bits per heavy atom. The molecule has 0 aliphatic heterocycles. The lowest BCUT2D eigenvalue weighted by Crippen LogP contribution is -2.23. The fourth-order valence-corrected chi connectivity index (χ4v) is 5.48. The normalized spacial score (nSPS) is 14.0. The van der Waals surface area contributed by atoms with Gasteiger partial charge in [0, 0.05) is 19.0 Å². The molecule has 0 spiro atoms. The molecule has 0 radical (unpaired) electrons. The van der Waals surface area contributed by atoms with Crippen LogP contribution in [0.2, 0.25) is 0 Å². The van der Waals surface area contributed by atoms with Gasteiger partial charge in [-0.05, 0) is 49.1 Å². The van der Waals surface area contributed by atoms with Crippen molar-refractivity contribution >= 4 is 31.6 Å². The van der Waals surface area contributed by atoms with Gasteiger partial charge < -0.3 is 4.74 Å². The van der Waals surface area contributed by atoms with Gasteiger partial charge in [-0.1, -0.05) is 0 Å². The number of rotatable bonds is 6. The maximum atomic E-state index is 12.8. The third kappa shape index (κ3) is 3.34. The molecule has 0 unspecified atom stereocenters. The average molecular weight is 420 g/mol. The second-order valence-corrected chi connectivity index (χ2v) is 10.1. The molecule has 7 nitrogen and oxygen atoms in total. The first-order valence-electron chi connectivity index (χ1n) is 9.03. The first-order chi connectivity index (χ1) is 13.4. The SMILES string of the molecule is CN(C)S(=O)(=O)c1ccc(OCCn2cnc3sc4c(c3c2=O)CCC4)cc1. The predicted octanol–water partition coefficient (Wildman–Crippen LogP) is 2.28. The lowest BCUT2D eigenvalue weighted by molar-refractivity contribution is 0.296. The van der Waals surface area contributed by atoms with Gasteiger partial charge in [0.15, 0.2) is 0 Å². The molecule has 0 atom stereocenters. The molecule has 4 rings (SSSR count). The Labute approximate surface area is 167 Å². The van der Waals surface area contributed by atoms with Crippen LogP contribution in [0.1, 0.15) is 16.9 Å². The second kappa shape index (κ2) is 7.31. The molecule has 2 heterocycles. The van der Waals surface area contributed by atoms with Crippen molar-refractivity contribution in [1.29, 1.82) is 0 Å². The molecule has 0 saturated carbocycles. The van der Waals surface area contributed by atoms with Crippen LogP contribution in [0.5, 0.6) is 5.75 Å². The monoisotopic (exact) mass is 419 g/mol. The summed E-state index contributed by atoms with van der Waals surface area (Å²) < 4.78 is 32.6. The first-order valence-corrected chi connectivity index (χ1v) is 11.3. The molecule has 0 amide bonds.